The summed E-state index contributed by atoms with van der Waals surface area (Å²) in [4.78, 5) is 20.9. The highest BCUT2D eigenvalue weighted by Gasteiger charge is 2.07. The summed E-state index contributed by atoms with van der Waals surface area (Å²) in [5.74, 6) is -0.675. The molecule has 0 amide bonds. The van der Waals surface area contributed by atoms with Crippen LogP contribution in [0.3, 0.4) is 0 Å². The zero-order valence-electron chi connectivity index (χ0n) is 8.14. The van der Waals surface area contributed by atoms with E-state index in [2.05, 4.69) is 0 Å². The zero-order chi connectivity index (χ0) is 11.3. The fraction of sp³-hybridized carbons (Fsp3) is 0.0909. The van der Waals surface area contributed by atoms with Crippen molar-refractivity contribution in [1.29, 1.82) is 0 Å². The number of carboxylic acids is 1. The molecule has 0 unspecified atom stereocenters. The molecule has 0 bridgehead atoms. The van der Waals surface area contributed by atoms with Crippen LogP contribution in [0.1, 0.15) is 22.8 Å². The molecule has 0 aromatic heterocycles. The molecule has 0 aliphatic carbocycles. The molecule has 0 fully saturated rings. The van der Waals surface area contributed by atoms with Crippen LogP contribution in [0.2, 0.25) is 0 Å². The second-order valence-electron chi connectivity index (χ2n) is 2.77. The second kappa shape index (κ2) is 4.95. The van der Waals surface area contributed by atoms with Gasteiger partial charge in [0.1, 0.15) is 5.75 Å². The summed E-state index contributed by atoms with van der Waals surface area (Å²) in [6.45, 7) is 2.10. The largest absolute Gasteiger partial charge is 0.478 e. The number of carbonyl (C=O) groups is 2. The smallest absolute Gasteiger partial charge is 0.335 e. The van der Waals surface area contributed by atoms with Gasteiger partial charge in [-0.2, -0.15) is 0 Å². The highest BCUT2D eigenvalue weighted by Crippen LogP contribution is 2.21. The zero-order valence-corrected chi connectivity index (χ0v) is 8.14. The maximum Gasteiger partial charge on any atom is 0.335 e. The highest BCUT2D eigenvalue weighted by molar-refractivity contribution is 5.89. The molecule has 0 saturated heterocycles. The van der Waals surface area contributed by atoms with Gasteiger partial charge in [0.05, 0.1) is 5.56 Å². The van der Waals surface area contributed by atoms with Crippen LogP contribution in [-0.2, 0) is 4.79 Å². The number of allylic oxidation sites excluding steroid dienone is 1. The summed E-state index contributed by atoms with van der Waals surface area (Å²) in [5, 5.41) is 8.76. The molecule has 4 heteroatoms. The van der Waals surface area contributed by atoms with Crippen molar-refractivity contribution < 1.29 is 19.4 Å². The van der Waals surface area contributed by atoms with Gasteiger partial charge in [-0.15, -0.1) is 0 Å². The van der Waals surface area contributed by atoms with Gasteiger partial charge >= 0.3 is 5.97 Å². The lowest BCUT2D eigenvalue weighted by Crippen LogP contribution is -1.98. The van der Waals surface area contributed by atoms with Crippen LogP contribution < -0.4 is 4.74 Å². The molecular formula is C11H10O4. The van der Waals surface area contributed by atoms with Gasteiger partial charge in [0.25, 0.3) is 6.47 Å². The number of ether oxygens (including phenoxy) is 1. The van der Waals surface area contributed by atoms with E-state index in [1.807, 2.05) is 0 Å². The first kappa shape index (κ1) is 11.0. The number of carboxylic acid groups (broad SMARTS) is 1. The van der Waals surface area contributed by atoms with Crippen LogP contribution in [0.5, 0.6) is 5.75 Å². The molecule has 0 aliphatic heterocycles. The van der Waals surface area contributed by atoms with E-state index in [4.69, 9.17) is 9.84 Å². The fourth-order valence-corrected chi connectivity index (χ4v) is 1.15. The Bertz CT molecular complexity index is 407. The molecule has 78 valence electrons. The van der Waals surface area contributed by atoms with E-state index in [-0.39, 0.29) is 5.56 Å². The van der Waals surface area contributed by atoms with E-state index in [1.165, 1.54) is 18.2 Å². The van der Waals surface area contributed by atoms with Gasteiger partial charge in [0, 0.05) is 5.56 Å². The number of hydrogen-bond donors (Lipinski definition) is 1. The maximum absolute atomic E-state index is 10.7. The number of hydrogen-bond acceptors (Lipinski definition) is 3. The van der Waals surface area contributed by atoms with Crippen LogP contribution in [-0.4, -0.2) is 17.5 Å². The van der Waals surface area contributed by atoms with Crippen molar-refractivity contribution in [3.63, 3.8) is 0 Å². The molecule has 0 spiro atoms. The van der Waals surface area contributed by atoms with Crippen LogP contribution in [0, 0.1) is 0 Å². The Hall–Kier alpha value is -2.10. The fourth-order valence-electron chi connectivity index (χ4n) is 1.15. The van der Waals surface area contributed by atoms with E-state index >= 15 is 0 Å². The van der Waals surface area contributed by atoms with E-state index in [9.17, 15) is 9.59 Å². The van der Waals surface area contributed by atoms with Gasteiger partial charge < -0.3 is 9.84 Å². The minimum Gasteiger partial charge on any atom is -0.478 e. The summed E-state index contributed by atoms with van der Waals surface area (Å²) >= 11 is 0. The van der Waals surface area contributed by atoms with Gasteiger partial charge in [-0.25, -0.2) is 4.79 Å². The average molecular weight is 206 g/mol. The van der Waals surface area contributed by atoms with Crippen molar-refractivity contribution in [3.05, 3.63) is 35.4 Å². The standard InChI is InChI=1S/C11H10O4/c1-2-3-8-6-9(11(13)14)4-5-10(8)15-7-12/h2-7H,1H3,(H,13,14)/b3-2-. The Morgan fingerprint density at radius 3 is 2.73 bits per heavy atom. The van der Waals surface area contributed by atoms with E-state index in [0.29, 0.717) is 17.8 Å². The quantitative estimate of drug-likeness (QED) is 0.765. The van der Waals surface area contributed by atoms with Crippen molar-refractivity contribution in [2.24, 2.45) is 0 Å². The molecule has 0 aliphatic rings. The third kappa shape index (κ3) is 2.67. The third-order valence-electron chi connectivity index (χ3n) is 1.78. The number of rotatable bonds is 4. The SMILES string of the molecule is C/C=C\c1cc(C(=O)O)ccc1OC=O. The third-order valence-corrected chi connectivity index (χ3v) is 1.78. The summed E-state index contributed by atoms with van der Waals surface area (Å²) in [6.07, 6.45) is 3.41. The van der Waals surface area contributed by atoms with Crippen molar-refractivity contribution >= 4 is 18.5 Å². The average Bonchev–Trinajstić information content (AvgIpc) is 2.21. The molecule has 0 atom stereocenters. The van der Waals surface area contributed by atoms with E-state index < -0.39 is 5.97 Å². The Labute approximate surface area is 86.8 Å². The molecular weight excluding hydrogens is 196 g/mol. The molecule has 4 nitrogen and oxygen atoms in total. The maximum atomic E-state index is 10.7. The van der Waals surface area contributed by atoms with Gasteiger partial charge in [-0.1, -0.05) is 12.2 Å². The summed E-state index contributed by atoms with van der Waals surface area (Å²) in [6, 6.07) is 4.28. The van der Waals surface area contributed by atoms with Crippen LogP contribution >= 0.6 is 0 Å². The highest BCUT2D eigenvalue weighted by atomic mass is 16.5. The molecule has 1 aromatic rings. The molecule has 0 radical (unpaired) electrons. The first-order chi connectivity index (χ1) is 7.19. The first-order valence-electron chi connectivity index (χ1n) is 4.29. The monoisotopic (exact) mass is 206 g/mol. The lowest BCUT2D eigenvalue weighted by Gasteiger charge is -2.04. The van der Waals surface area contributed by atoms with Crippen molar-refractivity contribution in [1.82, 2.24) is 0 Å². The minimum absolute atomic E-state index is 0.154. The molecule has 0 heterocycles. The topological polar surface area (TPSA) is 63.6 Å². The number of aromatic carboxylic acids is 1. The van der Waals surface area contributed by atoms with Crippen LogP contribution in [0.4, 0.5) is 0 Å². The Balaban J connectivity index is 3.19. The van der Waals surface area contributed by atoms with Crippen LogP contribution in [0.15, 0.2) is 24.3 Å². The lowest BCUT2D eigenvalue weighted by molar-refractivity contribution is -0.120. The van der Waals surface area contributed by atoms with Gasteiger partial charge in [0.2, 0.25) is 0 Å². The van der Waals surface area contributed by atoms with E-state index in [0.717, 1.165) is 0 Å². The van der Waals surface area contributed by atoms with Crippen molar-refractivity contribution in [2.75, 3.05) is 0 Å². The Morgan fingerprint density at radius 2 is 2.20 bits per heavy atom. The van der Waals surface area contributed by atoms with Crippen molar-refractivity contribution in [2.45, 2.75) is 6.92 Å². The predicted octanol–water partition coefficient (Wildman–Crippen LogP) is 1.95. The number of carbonyl (C=O) groups excluding carboxylic acids is 1. The molecule has 15 heavy (non-hydrogen) atoms. The summed E-state index contributed by atoms with van der Waals surface area (Å²) in [5.41, 5.74) is 0.714. The normalized spacial score (nSPS) is 10.2. The van der Waals surface area contributed by atoms with Gasteiger partial charge in [0.15, 0.2) is 0 Å². The Kier molecular flexibility index (Phi) is 3.62. The number of benzene rings is 1. The molecule has 1 rings (SSSR count). The molecule has 1 N–H and O–H groups in total. The van der Waals surface area contributed by atoms with Crippen LogP contribution in [0.25, 0.3) is 6.08 Å². The van der Waals surface area contributed by atoms with Crippen molar-refractivity contribution in [3.8, 4) is 5.75 Å². The second-order valence-corrected chi connectivity index (χ2v) is 2.77. The van der Waals surface area contributed by atoms with E-state index in [1.54, 1.807) is 19.1 Å². The summed E-state index contributed by atoms with van der Waals surface area (Å²) < 4.78 is 4.70. The van der Waals surface area contributed by atoms with Gasteiger partial charge in [-0.05, 0) is 25.1 Å². The lowest BCUT2D eigenvalue weighted by atomic mass is 10.1. The minimum atomic E-state index is -1.02. The first-order valence-corrected chi connectivity index (χ1v) is 4.29. The molecule has 1 aromatic carbocycles. The molecule has 0 saturated carbocycles. The summed E-state index contributed by atoms with van der Waals surface area (Å²) in [7, 11) is 0. The van der Waals surface area contributed by atoms with Gasteiger partial charge in [-0.3, -0.25) is 4.79 Å². The predicted molar refractivity (Wildman–Crippen MR) is 54.8 cm³/mol. The Morgan fingerprint density at radius 1 is 1.47 bits per heavy atom.